The highest BCUT2D eigenvalue weighted by molar-refractivity contribution is 6.33. The van der Waals surface area contributed by atoms with Crippen LogP contribution in [0.5, 0.6) is 0 Å². The molecule has 16 heavy (non-hydrogen) atoms. The minimum Gasteiger partial charge on any atom is -0.388 e. The van der Waals surface area contributed by atoms with Gasteiger partial charge in [0.25, 0.3) is 0 Å². The third-order valence-electron chi connectivity index (χ3n) is 2.01. The van der Waals surface area contributed by atoms with E-state index in [1.54, 1.807) is 0 Å². The quantitative estimate of drug-likeness (QED) is 0.828. The molecule has 0 saturated heterocycles. The zero-order valence-electron chi connectivity index (χ0n) is 7.88. The summed E-state index contributed by atoms with van der Waals surface area (Å²) >= 11 is 5.63. The van der Waals surface area contributed by atoms with Gasteiger partial charge in [0, 0.05) is 6.07 Å². The minimum atomic E-state index is -0.744. The van der Waals surface area contributed by atoms with Crippen LogP contribution in [0.1, 0.15) is 5.76 Å². The summed E-state index contributed by atoms with van der Waals surface area (Å²) in [5.41, 5.74) is -0.129. The molecule has 1 N–H and O–H groups in total. The Bertz CT molecular complexity index is 528. The van der Waals surface area contributed by atoms with Crippen molar-refractivity contribution in [3.63, 3.8) is 0 Å². The maximum absolute atomic E-state index is 13.4. The summed E-state index contributed by atoms with van der Waals surface area (Å²) in [7, 11) is 0. The monoisotopic (exact) mass is 245 g/mol. The Kier molecular flexibility index (Phi) is 2.89. The van der Waals surface area contributed by atoms with E-state index in [4.69, 9.17) is 16.7 Å². The summed E-state index contributed by atoms with van der Waals surface area (Å²) in [4.78, 5) is 0. The fraction of sp³-hybridized carbons (Fsp3) is 0.100. The van der Waals surface area contributed by atoms with Crippen molar-refractivity contribution < 1.29 is 18.4 Å². The molecular formula is C10H6ClF2NO2. The van der Waals surface area contributed by atoms with E-state index in [1.807, 2.05) is 0 Å². The molecule has 0 radical (unpaired) electrons. The lowest BCUT2D eigenvalue weighted by Gasteiger charge is -2.02. The molecule has 1 aromatic carbocycles. The maximum atomic E-state index is 13.4. The molecule has 1 aromatic heterocycles. The number of nitrogens with zero attached hydrogens (tertiary/aromatic N) is 1. The molecule has 2 rings (SSSR count). The van der Waals surface area contributed by atoms with Crippen LogP contribution in [0.4, 0.5) is 8.78 Å². The van der Waals surface area contributed by atoms with Gasteiger partial charge in [0.1, 0.15) is 23.9 Å². The van der Waals surface area contributed by atoms with Gasteiger partial charge in [0.15, 0.2) is 5.76 Å². The fourth-order valence-corrected chi connectivity index (χ4v) is 1.52. The van der Waals surface area contributed by atoms with Crippen molar-refractivity contribution in [3.8, 4) is 11.3 Å². The highest BCUT2D eigenvalue weighted by Crippen LogP contribution is 2.32. The van der Waals surface area contributed by atoms with Gasteiger partial charge in [-0.3, -0.25) is 0 Å². The first-order valence-electron chi connectivity index (χ1n) is 4.34. The molecule has 3 nitrogen and oxygen atoms in total. The Morgan fingerprint density at radius 3 is 2.62 bits per heavy atom. The van der Waals surface area contributed by atoms with Crippen LogP contribution in [0, 0.1) is 11.6 Å². The van der Waals surface area contributed by atoms with E-state index < -0.39 is 11.6 Å². The molecule has 6 heteroatoms. The summed E-state index contributed by atoms with van der Waals surface area (Å²) in [5, 5.41) is 11.9. The Morgan fingerprint density at radius 1 is 1.31 bits per heavy atom. The van der Waals surface area contributed by atoms with E-state index in [-0.39, 0.29) is 28.6 Å². The molecule has 0 atom stereocenters. The predicted octanol–water partition coefficient (Wildman–Crippen LogP) is 2.77. The molecule has 0 aliphatic carbocycles. The first-order chi connectivity index (χ1) is 7.63. The van der Waals surface area contributed by atoms with Crippen LogP contribution >= 0.6 is 11.6 Å². The highest BCUT2D eigenvalue weighted by Gasteiger charge is 2.17. The van der Waals surface area contributed by atoms with Crippen molar-refractivity contribution >= 4 is 11.6 Å². The van der Waals surface area contributed by atoms with Gasteiger partial charge in [-0.05, 0) is 12.1 Å². The van der Waals surface area contributed by atoms with Gasteiger partial charge in [0.2, 0.25) is 0 Å². The van der Waals surface area contributed by atoms with Gasteiger partial charge < -0.3 is 9.63 Å². The van der Waals surface area contributed by atoms with Gasteiger partial charge in [-0.1, -0.05) is 16.8 Å². The third-order valence-corrected chi connectivity index (χ3v) is 2.38. The van der Waals surface area contributed by atoms with Crippen molar-refractivity contribution in [2.75, 3.05) is 0 Å². The van der Waals surface area contributed by atoms with E-state index in [0.717, 1.165) is 12.1 Å². The zero-order chi connectivity index (χ0) is 11.7. The van der Waals surface area contributed by atoms with Gasteiger partial charge >= 0.3 is 0 Å². The fourth-order valence-electron chi connectivity index (χ4n) is 1.27. The summed E-state index contributed by atoms with van der Waals surface area (Å²) in [6, 6.07) is 3.17. The smallest absolute Gasteiger partial charge is 0.162 e. The van der Waals surface area contributed by atoms with Crippen molar-refractivity contribution in [2.45, 2.75) is 6.61 Å². The number of aromatic nitrogens is 1. The number of hydrogen-bond donors (Lipinski definition) is 1. The van der Waals surface area contributed by atoms with E-state index in [2.05, 4.69) is 9.68 Å². The predicted molar refractivity (Wildman–Crippen MR) is 52.8 cm³/mol. The third kappa shape index (κ3) is 1.79. The molecule has 0 spiro atoms. The summed E-state index contributed by atoms with van der Waals surface area (Å²) in [6.07, 6.45) is 0. The molecule has 0 fully saturated rings. The largest absolute Gasteiger partial charge is 0.388 e. The van der Waals surface area contributed by atoms with Gasteiger partial charge in [-0.2, -0.15) is 0 Å². The molecule has 0 bridgehead atoms. The lowest BCUT2D eigenvalue weighted by Crippen LogP contribution is -1.89. The number of rotatable bonds is 2. The topological polar surface area (TPSA) is 46.3 Å². The SMILES string of the molecule is OCc1cc(-c2c(F)ccc(F)c2Cl)no1. The van der Waals surface area contributed by atoms with Gasteiger partial charge in [-0.15, -0.1) is 0 Å². The molecule has 1 heterocycles. The van der Waals surface area contributed by atoms with Crippen LogP contribution in [0.15, 0.2) is 22.7 Å². The zero-order valence-corrected chi connectivity index (χ0v) is 8.63. The van der Waals surface area contributed by atoms with Crippen molar-refractivity contribution in [1.82, 2.24) is 5.16 Å². The second kappa shape index (κ2) is 4.19. The standard InChI is InChI=1S/C10H6ClF2NO2/c11-10-7(13)2-1-6(12)9(10)8-3-5(4-15)16-14-8/h1-3,15H,4H2. The second-order valence-corrected chi connectivity index (χ2v) is 3.43. The first kappa shape index (κ1) is 11.0. The van der Waals surface area contributed by atoms with E-state index in [1.165, 1.54) is 6.07 Å². The van der Waals surface area contributed by atoms with Crippen LogP contribution in [-0.4, -0.2) is 10.3 Å². The molecule has 0 aliphatic heterocycles. The van der Waals surface area contributed by atoms with E-state index in [9.17, 15) is 8.78 Å². The summed E-state index contributed by atoms with van der Waals surface area (Å²) in [5.74, 6) is -1.30. The van der Waals surface area contributed by atoms with E-state index in [0.29, 0.717) is 0 Å². The normalized spacial score (nSPS) is 10.8. The maximum Gasteiger partial charge on any atom is 0.162 e. The molecule has 84 valence electrons. The molecule has 2 aromatic rings. The lowest BCUT2D eigenvalue weighted by atomic mass is 10.1. The number of benzene rings is 1. The highest BCUT2D eigenvalue weighted by atomic mass is 35.5. The van der Waals surface area contributed by atoms with Crippen molar-refractivity contribution in [2.24, 2.45) is 0 Å². The first-order valence-corrected chi connectivity index (χ1v) is 4.71. The molecule has 0 saturated carbocycles. The van der Waals surface area contributed by atoms with Gasteiger partial charge in [0.05, 0.1) is 10.6 Å². The Hall–Kier alpha value is -1.46. The van der Waals surface area contributed by atoms with E-state index >= 15 is 0 Å². The summed E-state index contributed by atoms with van der Waals surface area (Å²) in [6.45, 7) is -0.373. The molecular weight excluding hydrogens is 240 g/mol. The Labute approximate surface area is 94.2 Å². The van der Waals surface area contributed by atoms with Crippen LogP contribution in [-0.2, 0) is 6.61 Å². The molecule has 0 aliphatic rings. The average Bonchev–Trinajstić information content (AvgIpc) is 2.73. The molecule has 0 unspecified atom stereocenters. The number of halogens is 3. The second-order valence-electron chi connectivity index (χ2n) is 3.05. The number of hydrogen-bond acceptors (Lipinski definition) is 3. The number of aliphatic hydroxyl groups excluding tert-OH is 1. The molecule has 0 amide bonds. The van der Waals surface area contributed by atoms with Crippen molar-refractivity contribution in [3.05, 3.63) is 40.6 Å². The van der Waals surface area contributed by atoms with Gasteiger partial charge in [-0.25, -0.2) is 8.78 Å². The van der Waals surface area contributed by atoms with Crippen LogP contribution in [0.3, 0.4) is 0 Å². The van der Waals surface area contributed by atoms with Crippen LogP contribution < -0.4 is 0 Å². The lowest BCUT2D eigenvalue weighted by molar-refractivity contribution is 0.229. The minimum absolute atomic E-state index is 0.0473. The number of aliphatic hydroxyl groups is 1. The van der Waals surface area contributed by atoms with Crippen LogP contribution in [0.25, 0.3) is 11.3 Å². The van der Waals surface area contributed by atoms with Crippen molar-refractivity contribution in [1.29, 1.82) is 0 Å². The summed E-state index contributed by atoms with van der Waals surface area (Å²) < 4.78 is 31.2. The Morgan fingerprint density at radius 2 is 2.00 bits per heavy atom. The average molecular weight is 246 g/mol. The Balaban J connectivity index is 2.58. The van der Waals surface area contributed by atoms with Crippen LogP contribution in [0.2, 0.25) is 5.02 Å².